The molecule has 0 amide bonds. The van der Waals surface area contributed by atoms with Crippen LogP contribution in [0.2, 0.25) is 0 Å². The van der Waals surface area contributed by atoms with E-state index in [0.29, 0.717) is 5.57 Å². The van der Waals surface area contributed by atoms with Gasteiger partial charge in [-0.05, 0) is 43.0 Å². The number of hydrogen-bond acceptors (Lipinski definition) is 11. The molecule has 1 saturated heterocycles. The average Bonchev–Trinajstić information content (AvgIpc) is 3.78. The van der Waals surface area contributed by atoms with E-state index < -0.39 is 82.7 Å². The molecule has 238 valence electrons. The molecule has 44 heavy (non-hydrogen) atoms. The summed E-state index contributed by atoms with van der Waals surface area (Å²) in [6, 6.07) is 8.30. The molecule has 0 radical (unpaired) electrons. The maximum atomic E-state index is 14.4. The van der Waals surface area contributed by atoms with E-state index in [0.717, 1.165) is 0 Å². The Labute approximate surface area is 256 Å². The van der Waals surface area contributed by atoms with Gasteiger partial charge in [0.05, 0.1) is 11.5 Å². The number of aliphatic hydroxyl groups excluding tert-OH is 1. The van der Waals surface area contributed by atoms with Crippen LogP contribution in [-0.4, -0.2) is 77.0 Å². The standard InChI is InChI=1S/C33H40O11/c1-16-13-33-29(42-21(6)37)17(2)14-32(33,44-33)28(38)18(3)26(41-20(5)36)23-24(31(23,7)15-34)27(25(16)40-19(4)35)43-30(39)22-11-9-8-10-12-22/h8-13,17-18,23-27,29,34H,14-15H2,1-7H3. The zero-order valence-electron chi connectivity index (χ0n) is 26.0. The number of rotatable bonds is 6. The maximum Gasteiger partial charge on any atom is 0.338 e. The summed E-state index contributed by atoms with van der Waals surface area (Å²) in [7, 11) is 0. The van der Waals surface area contributed by atoms with Crippen LogP contribution in [0.15, 0.2) is 42.0 Å². The number of ether oxygens (including phenoxy) is 5. The van der Waals surface area contributed by atoms with Crippen LogP contribution < -0.4 is 0 Å². The average molecular weight is 613 g/mol. The molecule has 0 spiro atoms. The fourth-order valence-electron chi connectivity index (χ4n) is 8.00. The zero-order valence-corrected chi connectivity index (χ0v) is 26.0. The molecule has 0 aromatic heterocycles. The normalized spacial score (nSPS) is 40.5. The number of ketones is 1. The molecular formula is C33H40O11. The van der Waals surface area contributed by atoms with Crippen LogP contribution in [0.4, 0.5) is 0 Å². The Morgan fingerprint density at radius 3 is 2.07 bits per heavy atom. The molecule has 0 bridgehead atoms. The van der Waals surface area contributed by atoms with Gasteiger partial charge in [0.1, 0.15) is 18.3 Å². The maximum absolute atomic E-state index is 14.4. The van der Waals surface area contributed by atoms with Crippen LogP contribution in [0.5, 0.6) is 0 Å². The minimum Gasteiger partial charge on any atom is -0.461 e. The fourth-order valence-corrected chi connectivity index (χ4v) is 8.00. The van der Waals surface area contributed by atoms with Crippen molar-refractivity contribution in [1.82, 2.24) is 0 Å². The zero-order chi connectivity index (χ0) is 32.4. The predicted molar refractivity (Wildman–Crippen MR) is 153 cm³/mol. The van der Waals surface area contributed by atoms with Crippen LogP contribution in [0, 0.1) is 29.1 Å². The van der Waals surface area contributed by atoms with Gasteiger partial charge in [-0.15, -0.1) is 0 Å². The van der Waals surface area contributed by atoms with E-state index in [1.165, 1.54) is 20.8 Å². The molecule has 1 N–H and O–H groups in total. The van der Waals surface area contributed by atoms with Gasteiger partial charge >= 0.3 is 23.9 Å². The van der Waals surface area contributed by atoms with Crippen molar-refractivity contribution in [3.8, 4) is 0 Å². The quantitative estimate of drug-likeness (QED) is 0.218. The van der Waals surface area contributed by atoms with Crippen molar-refractivity contribution in [1.29, 1.82) is 0 Å². The fraction of sp³-hybridized carbons (Fsp3) is 0.606. The summed E-state index contributed by atoms with van der Waals surface area (Å²) in [5.41, 5.74) is -3.08. The van der Waals surface area contributed by atoms with Gasteiger partial charge in [0, 0.05) is 44.6 Å². The van der Waals surface area contributed by atoms with Crippen molar-refractivity contribution in [2.24, 2.45) is 29.1 Å². The topological polar surface area (TPSA) is 155 Å². The van der Waals surface area contributed by atoms with Crippen molar-refractivity contribution in [3.05, 3.63) is 47.5 Å². The van der Waals surface area contributed by atoms with Crippen molar-refractivity contribution < 1.29 is 52.8 Å². The summed E-state index contributed by atoms with van der Waals surface area (Å²) in [4.78, 5) is 65.1. The van der Waals surface area contributed by atoms with E-state index in [4.69, 9.17) is 23.7 Å². The smallest absolute Gasteiger partial charge is 0.338 e. The molecule has 3 fully saturated rings. The minimum absolute atomic E-state index is 0.237. The highest BCUT2D eigenvalue weighted by Crippen LogP contribution is 2.69. The molecule has 1 aromatic carbocycles. The number of esters is 4. The van der Waals surface area contributed by atoms with Crippen LogP contribution in [0.25, 0.3) is 0 Å². The van der Waals surface area contributed by atoms with Gasteiger partial charge in [-0.1, -0.05) is 39.0 Å². The van der Waals surface area contributed by atoms with Gasteiger partial charge in [-0.25, -0.2) is 4.79 Å². The van der Waals surface area contributed by atoms with E-state index in [-0.39, 0.29) is 30.3 Å². The second-order valence-corrected chi connectivity index (χ2v) is 13.0. The van der Waals surface area contributed by atoms with Gasteiger partial charge in [0.2, 0.25) is 0 Å². The molecule has 11 atom stereocenters. The van der Waals surface area contributed by atoms with E-state index in [2.05, 4.69) is 0 Å². The highest BCUT2D eigenvalue weighted by molar-refractivity contribution is 5.96. The third-order valence-corrected chi connectivity index (χ3v) is 9.97. The number of hydrogen-bond donors (Lipinski definition) is 1. The number of aliphatic hydroxyl groups is 1. The Morgan fingerprint density at radius 2 is 1.50 bits per heavy atom. The highest BCUT2D eigenvalue weighted by atomic mass is 16.7. The van der Waals surface area contributed by atoms with Crippen LogP contribution in [0.1, 0.15) is 65.2 Å². The summed E-state index contributed by atoms with van der Waals surface area (Å²) in [5.74, 6) is -5.36. The molecule has 11 heteroatoms. The number of epoxide rings is 1. The van der Waals surface area contributed by atoms with Crippen LogP contribution in [-0.2, 0) is 42.9 Å². The second kappa shape index (κ2) is 11.1. The first-order valence-electron chi connectivity index (χ1n) is 15.0. The lowest BCUT2D eigenvalue weighted by Crippen LogP contribution is -2.43. The number of carbonyl (C=O) groups is 5. The van der Waals surface area contributed by atoms with E-state index >= 15 is 0 Å². The molecule has 1 aliphatic heterocycles. The summed E-state index contributed by atoms with van der Waals surface area (Å²) in [5, 5.41) is 10.7. The Balaban J connectivity index is 1.71. The van der Waals surface area contributed by atoms with Gasteiger partial charge in [0.15, 0.2) is 23.1 Å². The van der Waals surface area contributed by atoms with Gasteiger partial charge in [-0.2, -0.15) is 0 Å². The highest BCUT2D eigenvalue weighted by Gasteiger charge is 2.84. The van der Waals surface area contributed by atoms with Crippen LogP contribution in [0.3, 0.4) is 0 Å². The molecule has 5 rings (SSSR count). The van der Waals surface area contributed by atoms with E-state index in [9.17, 15) is 29.1 Å². The van der Waals surface area contributed by atoms with Crippen molar-refractivity contribution >= 4 is 29.7 Å². The third-order valence-electron chi connectivity index (χ3n) is 9.97. The van der Waals surface area contributed by atoms with Crippen molar-refractivity contribution in [2.75, 3.05) is 6.61 Å². The largest absolute Gasteiger partial charge is 0.461 e. The lowest BCUT2D eigenvalue weighted by Gasteiger charge is -2.30. The Kier molecular flexibility index (Phi) is 8.03. The van der Waals surface area contributed by atoms with Crippen molar-refractivity contribution in [3.63, 3.8) is 0 Å². The Bertz CT molecular complexity index is 1400. The van der Waals surface area contributed by atoms with Gasteiger partial charge in [-0.3, -0.25) is 19.2 Å². The first-order valence-corrected chi connectivity index (χ1v) is 15.0. The molecule has 1 heterocycles. The second-order valence-electron chi connectivity index (χ2n) is 13.0. The molecule has 11 nitrogen and oxygen atoms in total. The summed E-state index contributed by atoms with van der Waals surface area (Å²) >= 11 is 0. The number of fused-ring (bicyclic) bond motifs is 1. The summed E-state index contributed by atoms with van der Waals surface area (Å²) < 4.78 is 29.9. The first kappa shape index (κ1) is 31.8. The number of benzene rings is 1. The molecular weight excluding hydrogens is 572 g/mol. The monoisotopic (exact) mass is 612 g/mol. The summed E-state index contributed by atoms with van der Waals surface area (Å²) in [6.45, 7) is 10.3. The third kappa shape index (κ3) is 4.94. The van der Waals surface area contributed by atoms with Crippen LogP contribution >= 0.6 is 0 Å². The van der Waals surface area contributed by atoms with Gasteiger partial charge < -0.3 is 28.8 Å². The summed E-state index contributed by atoms with van der Waals surface area (Å²) in [6.07, 6.45) is -2.30. The Morgan fingerprint density at radius 1 is 0.909 bits per heavy atom. The van der Waals surface area contributed by atoms with E-state index in [1.54, 1.807) is 57.2 Å². The Hall–Kier alpha value is -3.57. The molecule has 3 aliphatic carbocycles. The number of carbonyl (C=O) groups excluding carboxylic acids is 5. The minimum atomic E-state index is -1.40. The molecule has 11 unspecified atom stereocenters. The van der Waals surface area contributed by atoms with Gasteiger partial charge in [0.25, 0.3) is 0 Å². The number of Topliss-reactive ketones (excluding diaryl/α,β-unsaturated/α-hetero) is 1. The predicted octanol–water partition coefficient (Wildman–Crippen LogP) is 2.96. The van der Waals surface area contributed by atoms with E-state index in [1.807, 2.05) is 6.92 Å². The molecule has 1 aromatic rings. The molecule has 4 aliphatic rings. The first-order chi connectivity index (χ1) is 20.6. The van der Waals surface area contributed by atoms with Crippen molar-refractivity contribution in [2.45, 2.75) is 90.5 Å². The lowest BCUT2D eigenvalue weighted by molar-refractivity contribution is -0.155. The SMILES string of the molecule is CC(=O)OC1C(C)=CC23OC2(CC(C)C3OC(C)=O)C(=O)C(C)C(OC(C)=O)C2C(C1OC(=O)c1ccccc1)C2(C)CO. The lowest BCUT2D eigenvalue weighted by atomic mass is 9.80. The molecule has 2 saturated carbocycles.